The summed E-state index contributed by atoms with van der Waals surface area (Å²) in [6, 6.07) is 8.65. The lowest BCUT2D eigenvalue weighted by Crippen LogP contribution is -2.15. The predicted molar refractivity (Wildman–Crippen MR) is 117 cm³/mol. The number of carbonyl (C=O) groups is 1. The molecule has 1 aliphatic carbocycles. The number of nitrogens with two attached hydrogens (primary N) is 1. The van der Waals surface area contributed by atoms with Crippen molar-refractivity contribution >= 4 is 29.0 Å². The third-order valence-electron chi connectivity index (χ3n) is 4.99. The summed E-state index contributed by atoms with van der Waals surface area (Å²) in [5.41, 5.74) is 8.85. The highest BCUT2D eigenvalue weighted by Crippen LogP contribution is 2.40. The first kappa shape index (κ1) is 20.1. The summed E-state index contributed by atoms with van der Waals surface area (Å²) in [5, 5.41) is 12.7. The van der Waals surface area contributed by atoms with Crippen molar-refractivity contribution in [3.8, 4) is 10.6 Å². The van der Waals surface area contributed by atoms with Gasteiger partial charge in [-0.25, -0.2) is 4.98 Å². The van der Waals surface area contributed by atoms with Crippen molar-refractivity contribution < 1.29 is 4.79 Å². The Kier molecular flexibility index (Phi) is 6.01. The van der Waals surface area contributed by atoms with Crippen LogP contribution in [0.1, 0.15) is 62.0 Å². The molecule has 152 valence electrons. The van der Waals surface area contributed by atoms with Gasteiger partial charge in [-0.1, -0.05) is 49.9 Å². The van der Waals surface area contributed by atoms with E-state index in [9.17, 15) is 4.79 Å². The second kappa shape index (κ2) is 8.67. The van der Waals surface area contributed by atoms with Crippen molar-refractivity contribution in [3.63, 3.8) is 0 Å². The number of thiazole rings is 1. The molecule has 0 spiro atoms. The van der Waals surface area contributed by atoms with E-state index in [0.29, 0.717) is 24.8 Å². The third-order valence-corrected chi connectivity index (χ3v) is 6.94. The normalized spacial score (nSPS) is 13.9. The number of rotatable bonds is 9. The van der Waals surface area contributed by atoms with Gasteiger partial charge in [0.25, 0.3) is 0 Å². The summed E-state index contributed by atoms with van der Waals surface area (Å²) in [6.45, 7) is 4.94. The molecule has 8 heteroatoms. The fourth-order valence-electron chi connectivity index (χ4n) is 3.14. The van der Waals surface area contributed by atoms with Crippen LogP contribution in [0.3, 0.4) is 0 Å². The number of aromatic nitrogens is 4. The Hall–Kier alpha value is -2.19. The molecule has 1 aliphatic rings. The van der Waals surface area contributed by atoms with E-state index in [1.165, 1.54) is 5.56 Å². The topological polar surface area (TPSA) is 86.7 Å². The van der Waals surface area contributed by atoms with Gasteiger partial charge < -0.3 is 10.3 Å². The lowest BCUT2D eigenvalue weighted by Gasteiger charge is -2.08. The average Bonchev–Trinajstić information content (AvgIpc) is 3.30. The van der Waals surface area contributed by atoms with E-state index in [1.807, 2.05) is 0 Å². The molecular weight excluding hydrogens is 402 g/mol. The summed E-state index contributed by atoms with van der Waals surface area (Å²) in [4.78, 5) is 16.0. The van der Waals surface area contributed by atoms with E-state index in [1.54, 1.807) is 23.1 Å². The zero-order chi connectivity index (χ0) is 20.4. The first-order valence-corrected chi connectivity index (χ1v) is 11.8. The second-order valence-electron chi connectivity index (χ2n) is 7.69. The summed E-state index contributed by atoms with van der Waals surface area (Å²) >= 11 is 3.28. The smallest absolute Gasteiger partial charge is 0.219 e. The standard InChI is InChI=1S/C21H25N5OS2/c1-13(2)14-3-7-16(8-4-14)20-23-17(11-28-20)12-29-21-25-24-19(15-5-6-15)26(21)10-9-18(22)27/h3-4,7-8,11,13,15H,5-6,9-10,12H2,1-2H3,(H2,22,27). The lowest BCUT2D eigenvalue weighted by atomic mass is 10.0. The molecule has 29 heavy (non-hydrogen) atoms. The van der Waals surface area contributed by atoms with E-state index in [4.69, 9.17) is 10.7 Å². The maximum atomic E-state index is 11.2. The minimum Gasteiger partial charge on any atom is -0.370 e. The van der Waals surface area contributed by atoms with Crippen LogP contribution >= 0.6 is 23.1 Å². The van der Waals surface area contributed by atoms with Crippen LogP contribution in [0.25, 0.3) is 10.6 Å². The molecule has 3 aromatic rings. The van der Waals surface area contributed by atoms with Gasteiger partial charge in [-0.15, -0.1) is 21.5 Å². The van der Waals surface area contributed by atoms with Crippen molar-refractivity contribution in [2.24, 2.45) is 5.73 Å². The Bertz CT molecular complexity index is 989. The van der Waals surface area contributed by atoms with Gasteiger partial charge in [0.1, 0.15) is 10.8 Å². The molecule has 0 radical (unpaired) electrons. The van der Waals surface area contributed by atoms with E-state index >= 15 is 0 Å². The van der Waals surface area contributed by atoms with Crippen molar-refractivity contribution in [2.45, 2.75) is 62.4 Å². The molecule has 0 bridgehead atoms. The molecule has 2 aromatic heterocycles. The first-order chi connectivity index (χ1) is 14.0. The maximum Gasteiger partial charge on any atom is 0.219 e. The van der Waals surface area contributed by atoms with Crippen molar-refractivity contribution in [1.82, 2.24) is 19.7 Å². The van der Waals surface area contributed by atoms with Crippen LogP contribution in [-0.2, 0) is 17.1 Å². The van der Waals surface area contributed by atoms with Crippen molar-refractivity contribution in [1.29, 1.82) is 0 Å². The van der Waals surface area contributed by atoms with Crippen molar-refractivity contribution in [2.75, 3.05) is 0 Å². The number of amides is 1. The number of hydrogen-bond donors (Lipinski definition) is 1. The molecule has 0 unspecified atom stereocenters. The molecule has 0 saturated heterocycles. The highest BCUT2D eigenvalue weighted by atomic mass is 32.2. The first-order valence-electron chi connectivity index (χ1n) is 9.90. The second-order valence-corrected chi connectivity index (χ2v) is 9.49. The van der Waals surface area contributed by atoms with Gasteiger partial charge in [0.2, 0.25) is 5.91 Å². The number of nitrogens with zero attached hydrogens (tertiary/aromatic N) is 4. The molecule has 2 heterocycles. The Morgan fingerprint density at radius 3 is 2.69 bits per heavy atom. The molecule has 1 fully saturated rings. The van der Waals surface area contributed by atoms with Gasteiger partial charge in [0.15, 0.2) is 5.16 Å². The summed E-state index contributed by atoms with van der Waals surface area (Å²) in [5.74, 6) is 2.41. The van der Waals surface area contributed by atoms with Crippen molar-refractivity contribution in [3.05, 3.63) is 46.7 Å². The van der Waals surface area contributed by atoms with E-state index < -0.39 is 0 Å². The van der Waals surface area contributed by atoms with E-state index in [-0.39, 0.29) is 5.91 Å². The molecule has 4 rings (SSSR count). The fraction of sp³-hybridized carbons (Fsp3) is 0.429. The Labute approximate surface area is 179 Å². The molecule has 1 amide bonds. The predicted octanol–water partition coefficient (Wildman–Crippen LogP) is 4.57. The third kappa shape index (κ3) is 4.87. The quantitative estimate of drug-likeness (QED) is 0.506. The Morgan fingerprint density at radius 2 is 2.03 bits per heavy atom. The number of benzene rings is 1. The lowest BCUT2D eigenvalue weighted by molar-refractivity contribution is -0.118. The van der Waals surface area contributed by atoms with Gasteiger partial charge in [0.05, 0.1) is 5.69 Å². The number of thioether (sulfide) groups is 1. The van der Waals surface area contributed by atoms with Gasteiger partial charge in [-0.2, -0.15) is 0 Å². The Morgan fingerprint density at radius 1 is 1.28 bits per heavy atom. The summed E-state index contributed by atoms with van der Waals surface area (Å²) in [6.07, 6.45) is 2.59. The van der Waals surface area contributed by atoms with Crippen LogP contribution in [0, 0.1) is 0 Å². The largest absolute Gasteiger partial charge is 0.370 e. The zero-order valence-electron chi connectivity index (χ0n) is 16.7. The summed E-state index contributed by atoms with van der Waals surface area (Å²) in [7, 11) is 0. The average molecular weight is 428 g/mol. The maximum absolute atomic E-state index is 11.2. The molecular formula is C21H25N5OS2. The Balaban J connectivity index is 1.44. The minimum absolute atomic E-state index is 0.302. The minimum atomic E-state index is -0.302. The van der Waals surface area contributed by atoms with Gasteiger partial charge in [-0.05, 0) is 24.3 Å². The van der Waals surface area contributed by atoms with Crippen LogP contribution in [0.15, 0.2) is 34.8 Å². The molecule has 1 saturated carbocycles. The number of carbonyl (C=O) groups excluding carboxylic acids is 1. The van der Waals surface area contributed by atoms with Crippen LogP contribution in [0.2, 0.25) is 0 Å². The monoisotopic (exact) mass is 427 g/mol. The molecule has 0 aliphatic heterocycles. The summed E-state index contributed by atoms with van der Waals surface area (Å²) < 4.78 is 2.06. The number of hydrogen-bond acceptors (Lipinski definition) is 6. The van der Waals surface area contributed by atoms with Crippen LogP contribution in [0.5, 0.6) is 0 Å². The molecule has 2 N–H and O–H groups in total. The zero-order valence-corrected chi connectivity index (χ0v) is 18.3. The SMILES string of the molecule is CC(C)c1ccc(-c2nc(CSc3nnc(C4CC4)n3CCC(N)=O)cs2)cc1. The molecule has 6 nitrogen and oxygen atoms in total. The van der Waals surface area contributed by atoms with E-state index in [2.05, 4.69) is 58.3 Å². The van der Waals surface area contributed by atoms with Gasteiger partial charge >= 0.3 is 0 Å². The molecule has 0 atom stereocenters. The molecule has 1 aromatic carbocycles. The fourth-order valence-corrected chi connectivity index (χ4v) is 4.93. The van der Waals surface area contributed by atoms with Gasteiger partial charge in [-0.3, -0.25) is 4.79 Å². The van der Waals surface area contributed by atoms with Gasteiger partial charge in [0, 0.05) is 35.6 Å². The highest BCUT2D eigenvalue weighted by Gasteiger charge is 2.30. The van der Waals surface area contributed by atoms with Crippen LogP contribution < -0.4 is 5.73 Å². The van der Waals surface area contributed by atoms with Crippen LogP contribution in [-0.4, -0.2) is 25.7 Å². The van der Waals surface area contributed by atoms with Crippen LogP contribution in [0.4, 0.5) is 0 Å². The number of primary amides is 1. The van der Waals surface area contributed by atoms with E-state index in [0.717, 1.165) is 45.8 Å². The highest BCUT2D eigenvalue weighted by molar-refractivity contribution is 7.98.